The van der Waals surface area contributed by atoms with Gasteiger partial charge in [0, 0.05) is 57.1 Å². The van der Waals surface area contributed by atoms with Crippen molar-refractivity contribution in [3.8, 4) is 11.5 Å². The van der Waals surface area contributed by atoms with Crippen molar-refractivity contribution in [3.05, 3.63) is 47.1 Å². The molecule has 0 aromatic heterocycles. The number of carbonyl (C=O) groups excluding carboxylic acids is 1. The zero-order chi connectivity index (χ0) is 33.1. The lowest BCUT2D eigenvalue weighted by Crippen LogP contribution is -2.36. The highest BCUT2D eigenvalue weighted by Gasteiger charge is 2.30. The van der Waals surface area contributed by atoms with Crippen molar-refractivity contribution in [1.82, 2.24) is 4.90 Å². The molecule has 6 atom stereocenters. The standard InChI is InChI=1S/C33H52N4O7/c1-20-15-24-29(35-13-14-36(5)6)26(38)18-25(31(24)40)37(7)33(41)21(2)11-10-12-27(42-8)32(44-19-34)23(4)17-22(3)30(39)28(16-20)43-9/h10-13,17-18,20,22,27-28,30,32,38-40H,14-16,19,34H2,1-9H3. The molecule has 2 bridgehead atoms. The summed E-state index contributed by atoms with van der Waals surface area (Å²) in [6, 6.07) is 1.35. The lowest BCUT2D eigenvalue weighted by molar-refractivity contribution is -0.114. The first-order chi connectivity index (χ1) is 20.8. The van der Waals surface area contributed by atoms with Crippen LogP contribution in [0.4, 0.5) is 11.4 Å². The lowest BCUT2D eigenvalue weighted by atomic mass is 9.87. The van der Waals surface area contributed by atoms with E-state index in [0.29, 0.717) is 30.5 Å². The molecule has 0 radical (unpaired) electrons. The number of aliphatic hydroxyl groups is 1. The molecule has 0 fully saturated rings. The predicted molar refractivity (Wildman–Crippen MR) is 175 cm³/mol. The van der Waals surface area contributed by atoms with Gasteiger partial charge < -0.3 is 45.1 Å². The van der Waals surface area contributed by atoms with Gasteiger partial charge in [0.2, 0.25) is 0 Å². The van der Waals surface area contributed by atoms with Crippen LogP contribution in [0.2, 0.25) is 0 Å². The molecule has 5 N–H and O–H groups in total. The Balaban J connectivity index is 2.73. The minimum Gasteiger partial charge on any atom is -0.506 e. The van der Waals surface area contributed by atoms with Gasteiger partial charge in [-0.2, -0.15) is 0 Å². The molecule has 44 heavy (non-hydrogen) atoms. The van der Waals surface area contributed by atoms with E-state index < -0.39 is 24.4 Å². The van der Waals surface area contributed by atoms with Gasteiger partial charge in [0.1, 0.15) is 29.4 Å². The second-order valence-corrected chi connectivity index (χ2v) is 11.8. The zero-order valence-electron chi connectivity index (χ0n) is 27.7. The molecule has 0 spiro atoms. The number of amides is 1. The van der Waals surface area contributed by atoms with E-state index in [9.17, 15) is 20.1 Å². The summed E-state index contributed by atoms with van der Waals surface area (Å²) in [6.45, 7) is 7.94. The molecule has 11 heteroatoms. The molecule has 1 aromatic carbocycles. The Bertz CT molecular complexity index is 1230. The maximum absolute atomic E-state index is 13.4. The molecule has 2 rings (SSSR count). The lowest BCUT2D eigenvalue weighted by Gasteiger charge is -2.30. The van der Waals surface area contributed by atoms with Crippen LogP contribution in [-0.4, -0.2) is 105 Å². The van der Waals surface area contributed by atoms with Gasteiger partial charge in [-0.25, -0.2) is 0 Å². The number of hydrogen-bond acceptors (Lipinski definition) is 10. The van der Waals surface area contributed by atoms with Crippen molar-refractivity contribution < 1.29 is 34.3 Å². The third-order valence-corrected chi connectivity index (χ3v) is 7.88. The number of aliphatic hydroxyl groups excluding tert-OH is 1. The summed E-state index contributed by atoms with van der Waals surface area (Å²) in [5, 5.41) is 34.0. The highest BCUT2D eigenvalue weighted by Crippen LogP contribution is 2.45. The predicted octanol–water partition coefficient (Wildman–Crippen LogP) is 3.68. The molecule has 0 saturated heterocycles. The van der Waals surface area contributed by atoms with Crippen LogP contribution in [0, 0.1) is 11.8 Å². The summed E-state index contributed by atoms with van der Waals surface area (Å²) in [4.78, 5) is 21.2. The van der Waals surface area contributed by atoms with Gasteiger partial charge >= 0.3 is 0 Å². The number of fused-ring (bicyclic) bond motifs is 2. The van der Waals surface area contributed by atoms with Gasteiger partial charge in [-0.1, -0.05) is 38.2 Å². The van der Waals surface area contributed by atoms with Crippen molar-refractivity contribution >= 4 is 23.5 Å². The number of aliphatic imine (C=N–C) groups is 1. The van der Waals surface area contributed by atoms with Gasteiger partial charge in [-0.3, -0.25) is 9.79 Å². The van der Waals surface area contributed by atoms with Crippen LogP contribution in [0.1, 0.15) is 39.7 Å². The van der Waals surface area contributed by atoms with E-state index in [-0.39, 0.29) is 47.3 Å². The second kappa shape index (κ2) is 17.4. The molecule has 1 amide bonds. The summed E-state index contributed by atoms with van der Waals surface area (Å²) in [5.41, 5.74) is 7.76. The van der Waals surface area contributed by atoms with Crippen molar-refractivity contribution in [2.75, 3.05) is 53.5 Å². The van der Waals surface area contributed by atoms with Crippen LogP contribution in [0.5, 0.6) is 11.5 Å². The van der Waals surface area contributed by atoms with E-state index in [2.05, 4.69) is 4.99 Å². The number of carbonyl (C=O) groups is 1. The Hall–Kier alpha value is -3.06. The van der Waals surface area contributed by atoms with Crippen molar-refractivity contribution in [3.63, 3.8) is 0 Å². The first-order valence-corrected chi connectivity index (χ1v) is 14.9. The minimum atomic E-state index is -0.852. The van der Waals surface area contributed by atoms with Gasteiger partial charge in [0.05, 0.1) is 24.6 Å². The van der Waals surface area contributed by atoms with Crippen molar-refractivity contribution in [2.24, 2.45) is 22.6 Å². The van der Waals surface area contributed by atoms with Crippen molar-refractivity contribution in [2.45, 2.75) is 65.0 Å². The summed E-state index contributed by atoms with van der Waals surface area (Å²) in [6.07, 6.45) is 7.02. The molecule has 1 aromatic rings. The number of benzene rings is 1. The molecule has 1 heterocycles. The number of anilines is 1. The zero-order valence-corrected chi connectivity index (χ0v) is 27.7. The minimum absolute atomic E-state index is 0.0349. The number of likely N-dealkylation sites (N-methyl/N-ethyl adjacent to an activating group) is 1. The molecule has 246 valence electrons. The fourth-order valence-corrected chi connectivity index (χ4v) is 5.37. The number of ether oxygens (including phenoxy) is 3. The molecule has 0 saturated carbocycles. The van der Waals surface area contributed by atoms with Gasteiger partial charge in [-0.15, -0.1) is 0 Å². The number of allylic oxidation sites excluding steroid dienone is 2. The Kier molecular flexibility index (Phi) is 14.7. The molecule has 1 aliphatic heterocycles. The third kappa shape index (κ3) is 9.72. The summed E-state index contributed by atoms with van der Waals surface area (Å²) in [7, 11) is 8.45. The monoisotopic (exact) mass is 616 g/mol. The molecular weight excluding hydrogens is 564 g/mol. The van der Waals surface area contributed by atoms with E-state index >= 15 is 0 Å². The Morgan fingerprint density at radius 1 is 1.18 bits per heavy atom. The fraction of sp³-hybridized carbons (Fsp3) is 0.576. The number of phenolic OH excluding ortho intramolecular Hbond substituents is 2. The molecule has 1 aliphatic rings. The maximum Gasteiger partial charge on any atom is 0.253 e. The highest BCUT2D eigenvalue weighted by molar-refractivity contribution is 6.06. The van der Waals surface area contributed by atoms with E-state index in [0.717, 1.165) is 5.57 Å². The normalized spacial score (nSPS) is 26.4. The van der Waals surface area contributed by atoms with Crippen LogP contribution in [0.3, 0.4) is 0 Å². The number of hydrogen-bond donors (Lipinski definition) is 4. The Morgan fingerprint density at radius 3 is 2.45 bits per heavy atom. The van der Waals surface area contributed by atoms with Crippen LogP contribution in [-0.2, 0) is 25.4 Å². The summed E-state index contributed by atoms with van der Waals surface area (Å²) in [5.74, 6) is -1.10. The molecule has 11 nitrogen and oxygen atoms in total. The number of methoxy groups -OCH3 is 2. The quantitative estimate of drug-likeness (QED) is 0.156. The smallest absolute Gasteiger partial charge is 0.253 e. The van der Waals surface area contributed by atoms with Crippen LogP contribution < -0.4 is 10.6 Å². The van der Waals surface area contributed by atoms with Gasteiger partial charge in [-0.05, 0) is 52.3 Å². The van der Waals surface area contributed by atoms with E-state index in [1.807, 2.05) is 45.8 Å². The Labute approximate surface area is 262 Å². The topological polar surface area (TPSA) is 150 Å². The number of rotatable bonds is 7. The largest absolute Gasteiger partial charge is 0.506 e. The van der Waals surface area contributed by atoms with Gasteiger partial charge in [0.15, 0.2) is 0 Å². The third-order valence-electron chi connectivity index (χ3n) is 7.88. The van der Waals surface area contributed by atoms with E-state index in [4.69, 9.17) is 19.9 Å². The van der Waals surface area contributed by atoms with Gasteiger partial charge in [0.25, 0.3) is 5.91 Å². The first-order valence-electron chi connectivity index (χ1n) is 14.9. The summed E-state index contributed by atoms with van der Waals surface area (Å²) >= 11 is 0. The average molecular weight is 617 g/mol. The van der Waals surface area contributed by atoms with Crippen LogP contribution in [0.15, 0.2) is 46.5 Å². The maximum atomic E-state index is 13.4. The highest BCUT2D eigenvalue weighted by atomic mass is 16.5. The SMILES string of the molecule is COC1C=CC=C(C)C(=O)N(C)c2cc(O)c(N=CCN(C)C)c(c2O)CC(C)CC(OC)C(O)C(C)C=C(C)C1OCN. The summed E-state index contributed by atoms with van der Waals surface area (Å²) < 4.78 is 17.3. The fourth-order valence-electron chi connectivity index (χ4n) is 5.37. The Morgan fingerprint density at radius 2 is 1.86 bits per heavy atom. The average Bonchev–Trinajstić information content (AvgIpc) is 2.98. The number of aromatic hydroxyl groups is 2. The number of nitrogens with two attached hydrogens (primary N) is 1. The number of phenols is 2. The molecule has 0 aliphatic carbocycles. The molecular formula is C33H52N4O7. The van der Waals surface area contributed by atoms with E-state index in [1.54, 1.807) is 52.6 Å². The van der Waals surface area contributed by atoms with Crippen LogP contribution >= 0.6 is 0 Å². The van der Waals surface area contributed by atoms with E-state index in [1.165, 1.54) is 11.0 Å². The number of nitrogens with zero attached hydrogens (tertiary/aromatic N) is 3. The van der Waals surface area contributed by atoms with Crippen molar-refractivity contribution in [1.29, 1.82) is 0 Å². The molecule has 6 unspecified atom stereocenters. The first kappa shape index (κ1) is 37.1. The second-order valence-electron chi connectivity index (χ2n) is 11.8. The van der Waals surface area contributed by atoms with Crippen LogP contribution in [0.25, 0.3) is 0 Å².